The van der Waals surface area contributed by atoms with Crippen LogP contribution >= 0.6 is 0 Å². The average molecular weight is 521 g/mol. The van der Waals surface area contributed by atoms with Crippen molar-refractivity contribution in [2.75, 3.05) is 5.32 Å². The van der Waals surface area contributed by atoms with E-state index in [1.807, 2.05) is 20.8 Å². The van der Waals surface area contributed by atoms with Crippen molar-refractivity contribution >= 4 is 35.9 Å². The molecule has 2 rings (SSSR count). The van der Waals surface area contributed by atoms with Gasteiger partial charge >= 0.3 is 17.9 Å². The van der Waals surface area contributed by atoms with E-state index in [9.17, 15) is 29.1 Å². The highest BCUT2D eigenvalue weighted by atomic mass is 16.6. The van der Waals surface area contributed by atoms with Gasteiger partial charge in [-0.05, 0) is 38.3 Å². The molecule has 0 bridgehead atoms. The summed E-state index contributed by atoms with van der Waals surface area (Å²) in [5.74, 6) is -4.29. The van der Waals surface area contributed by atoms with Crippen molar-refractivity contribution in [3.05, 3.63) is 23.8 Å². The predicted octanol–water partition coefficient (Wildman–Crippen LogP) is 2.70. The van der Waals surface area contributed by atoms with Crippen molar-refractivity contribution in [3.8, 4) is 5.75 Å². The lowest BCUT2D eigenvalue weighted by molar-refractivity contribution is -0.175. The molecule has 1 saturated heterocycles. The van der Waals surface area contributed by atoms with Crippen LogP contribution in [0.25, 0.3) is 0 Å². The normalized spacial score (nSPS) is 24.1. The molecule has 0 radical (unpaired) electrons. The van der Waals surface area contributed by atoms with Crippen LogP contribution in [-0.4, -0.2) is 59.7 Å². The smallest absolute Gasteiger partial charge is 0.332 e. The molecule has 0 spiro atoms. The zero-order valence-electron chi connectivity index (χ0n) is 21.8. The topological polar surface area (TPSA) is 157 Å². The number of anilines is 1. The molecule has 0 saturated carbocycles. The second kappa shape index (κ2) is 13.6. The molecular weight excluding hydrogens is 484 g/mol. The van der Waals surface area contributed by atoms with Crippen LogP contribution in [0.4, 0.5) is 5.69 Å². The fourth-order valence-electron chi connectivity index (χ4n) is 4.03. The molecule has 1 aromatic carbocycles. The molecule has 1 aliphatic heterocycles. The minimum atomic E-state index is -1.42. The Balaban J connectivity index is 2.34. The number of esters is 3. The van der Waals surface area contributed by atoms with Gasteiger partial charge in [-0.15, -0.1) is 0 Å². The van der Waals surface area contributed by atoms with Gasteiger partial charge in [-0.3, -0.25) is 19.2 Å². The molecule has 11 heteroatoms. The zero-order valence-corrected chi connectivity index (χ0v) is 21.8. The first-order valence-corrected chi connectivity index (χ1v) is 12.4. The number of phenolic OH excluding ortho intramolecular Hbond substituents is 1. The highest BCUT2D eigenvalue weighted by Crippen LogP contribution is 2.29. The summed E-state index contributed by atoms with van der Waals surface area (Å²) in [5.41, 5.74) is -0.218. The van der Waals surface area contributed by atoms with Gasteiger partial charge in [-0.1, -0.05) is 39.7 Å². The van der Waals surface area contributed by atoms with E-state index in [4.69, 9.17) is 14.2 Å². The van der Waals surface area contributed by atoms with Gasteiger partial charge in [0.15, 0.2) is 17.9 Å². The first-order valence-electron chi connectivity index (χ1n) is 12.4. The summed E-state index contributed by atoms with van der Waals surface area (Å²) in [7, 11) is 0. The predicted molar refractivity (Wildman–Crippen MR) is 133 cm³/mol. The monoisotopic (exact) mass is 520 g/mol. The minimum Gasteiger partial charge on any atom is -0.505 e. The van der Waals surface area contributed by atoms with Crippen molar-refractivity contribution in [1.29, 1.82) is 0 Å². The second-order valence-electron chi connectivity index (χ2n) is 9.50. The van der Waals surface area contributed by atoms with Crippen LogP contribution in [-0.2, 0) is 33.4 Å². The van der Waals surface area contributed by atoms with E-state index in [0.717, 1.165) is 6.42 Å². The number of nitrogens with one attached hydrogen (secondary N) is 2. The number of amides is 2. The maximum Gasteiger partial charge on any atom is 0.332 e. The zero-order chi connectivity index (χ0) is 27.7. The van der Waals surface area contributed by atoms with Gasteiger partial charge in [0.05, 0.1) is 17.2 Å². The number of para-hydroxylation sites is 1. The van der Waals surface area contributed by atoms with Crippen molar-refractivity contribution in [3.63, 3.8) is 0 Å². The van der Waals surface area contributed by atoms with Gasteiger partial charge in [-0.25, -0.2) is 4.79 Å². The Labute approximate surface area is 216 Å². The fraction of sp³-hybridized carbons (Fsp3) is 0.577. The second-order valence-corrected chi connectivity index (χ2v) is 9.50. The van der Waals surface area contributed by atoms with Crippen LogP contribution in [0.15, 0.2) is 18.2 Å². The minimum absolute atomic E-state index is 0.00221. The molecule has 204 valence electrons. The Morgan fingerprint density at radius 1 is 1.14 bits per heavy atom. The molecule has 37 heavy (non-hydrogen) atoms. The Morgan fingerprint density at radius 3 is 2.43 bits per heavy atom. The summed E-state index contributed by atoms with van der Waals surface area (Å²) < 4.78 is 16.8. The third kappa shape index (κ3) is 7.93. The standard InChI is InChI=1S/C26H36N2O9/c1-6-7-9-18-23(37-20(30)12-14(2)3)16(5)36-26(34)21(15(4)35-25(18)33)28-24(32)17-10-8-11-19(22(17)31)27-13-29/h8,10-11,13-16,18,21,23,31H,6-7,9,12H2,1-5H3,(H,27,29)(H,28,32)/t15-,16+,18+,21-,23+/m1/s1. The van der Waals surface area contributed by atoms with E-state index >= 15 is 0 Å². The molecule has 2 amide bonds. The third-order valence-corrected chi connectivity index (χ3v) is 5.98. The van der Waals surface area contributed by atoms with Gasteiger partial charge in [0.1, 0.15) is 12.2 Å². The van der Waals surface area contributed by atoms with Crippen LogP contribution in [0.5, 0.6) is 5.75 Å². The van der Waals surface area contributed by atoms with Crippen LogP contribution in [0.2, 0.25) is 0 Å². The molecule has 5 atom stereocenters. The number of cyclic esters (lactones) is 2. The molecule has 11 nitrogen and oxygen atoms in total. The maximum atomic E-state index is 13.2. The number of hydrogen-bond donors (Lipinski definition) is 3. The van der Waals surface area contributed by atoms with Gasteiger partial charge in [0.25, 0.3) is 5.91 Å². The van der Waals surface area contributed by atoms with Crippen molar-refractivity contribution in [2.45, 2.75) is 84.7 Å². The average Bonchev–Trinajstić information content (AvgIpc) is 2.84. The van der Waals surface area contributed by atoms with Gasteiger partial charge in [-0.2, -0.15) is 0 Å². The number of ether oxygens (including phenoxy) is 3. The molecule has 3 N–H and O–H groups in total. The van der Waals surface area contributed by atoms with Crippen molar-refractivity contribution in [1.82, 2.24) is 5.32 Å². The van der Waals surface area contributed by atoms with Crippen LogP contribution in [0.1, 0.15) is 70.7 Å². The number of benzene rings is 1. The van der Waals surface area contributed by atoms with Gasteiger partial charge < -0.3 is 30.0 Å². The number of carbonyl (C=O) groups excluding carboxylic acids is 5. The van der Waals surface area contributed by atoms with E-state index in [1.165, 1.54) is 32.0 Å². The number of phenols is 1. The number of aromatic hydroxyl groups is 1. The molecule has 1 fully saturated rings. The summed E-state index contributed by atoms with van der Waals surface area (Å²) in [6.07, 6.45) is -0.952. The van der Waals surface area contributed by atoms with Crippen molar-refractivity contribution in [2.24, 2.45) is 11.8 Å². The summed E-state index contributed by atoms with van der Waals surface area (Å²) >= 11 is 0. The molecule has 1 aliphatic rings. The first kappa shape index (κ1) is 29.6. The van der Waals surface area contributed by atoms with Crippen LogP contribution in [0, 0.1) is 11.8 Å². The Hall–Kier alpha value is -3.63. The summed E-state index contributed by atoms with van der Waals surface area (Å²) in [5, 5.41) is 15.1. The third-order valence-electron chi connectivity index (χ3n) is 5.98. The number of hydrogen-bond acceptors (Lipinski definition) is 9. The lowest BCUT2D eigenvalue weighted by Crippen LogP contribution is -2.50. The number of rotatable bonds is 10. The fourth-order valence-corrected chi connectivity index (χ4v) is 4.03. The van der Waals surface area contributed by atoms with E-state index in [2.05, 4.69) is 10.6 Å². The summed E-state index contributed by atoms with van der Waals surface area (Å²) in [4.78, 5) is 62.5. The molecule has 1 aromatic rings. The number of unbranched alkanes of at least 4 members (excludes halogenated alkanes) is 1. The molecular formula is C26H36N2O9. The Bertz CT molecular complexity index is 994. The van der Waals surface area contributed by atoms with Crippen LogP contribution in [0.3, 0.4) is 0 Å². The molecule has 0 aromatic heterocycles. The van der Waals surface area contributed by atoms with Crippen LogP contribution < -0.4 is 10.6 Å². The largest absolute Gasteiger partial charge is 0.505 e. The number of carbonyl (C=O) groups is 5. The Kier molecular flexibility index (Phi) is 10.9. The van der Waals surface area contributed by atoms with E-state index in [1.54, 1.807) is 0 Å². The Morgan fingerprint density at radius 2 is 1.81 bits per heavy atom. The lowest BCUT2D eigenvalue weighted by Gasteiger charge is -2.29. The summed E-state index contributed by atoms with van der Waals surface area (Å²) in [6, 6.07) is 2.70. The molecule has 0 unspecified atom stereocenters. The SMILES string of the molecule is CCCC[C@@H]1C(=O)O[C@H](C)[C@@H](NC(=O)c2cccc(NC=O)c2O)C(=O)O[C@@H](C)[C@@H]1OC(=O)CC(C)C. The lowest BCUT2D eigenvalue weighted by atomic mass is 9.92. The molecule has 0 aliphatic carbocycles. The quantitative estimate of drug-likeness (QED) is 0.183. The van der Waals surface area contributed by atoms with Gasteiger partial charge in [0.2, 0.25) is 6.41 Å². The van der Waals surface area contributed by atoms with Crippen molar-refractivity contribution < 1.29 is 43.3 Å². The highest BCUT2D eigenvalue weighted by molar-refractivity contribution is 6.01. The highest BCUT2D eigenvalue weighted by Gasteiger charge is 2.43. The van der Waals surface area contributed by atoms with Gasteiger partial charge in [0, 0.05) is 6.42 Å². The van der Waals surface area contributed by atoms with E-state index < -0.39 is 59.8 Å². The first-order chi connectivity index (χ1) is 17.5. The molecule has 1 heterocycles. The summed E-state index contributed by atoms with van der Waals surface area (Å²) in [6.45, 7) is 8.61. The van der Waals surface area contributed by atoms with E-state index in [-0.39, 0.29) is 23.6 Å². The maximum absolute atomic E-state index is 13.2. The van der Waals surface area contributed by atoms with E-state index in [0.29, 0.717) is 19.3 Å².